The number of sulfonamides is 1. The predicted molar refractivity (Wildman–Crippen MR) is 91.2 cm³/mol. The second-order valence-electron chi connectivity index (χ2n) is 6.74. The highest BCUT2D eigenvalue weighted by atomic mass is 32.2. The van der Waals surface area contributed by atoms with Crippen molar-refractivity contribution in [3.63, 3.8) is 0 Å². The Morgan fingerprint density at radius 2 is 1.88 bits per heavy atom. The van der Waals surface area contributed by atoms with Gasteiger partial charge in [0, 0.05) is 37.7 Å². The van der Waals surface area contributed by atoms with Gasteiger partial charge in [-0.2, -0.15) is 4.31 Å². The van der Waals surface area contributed by atoms with E-state index in [-0.39, 0.29) is 23.9 Å². The third-order valence-corrected chi connectivity index (χ3v) is 6.52. The van der Waals surface area contributed by atoms with E-state index < -0.39 is 10.0 Å². The van der Waals surface area contributed by atoms with Crippen LogP contribution in [-0.4, -0.2) is 68.6 Å². The SMILES string of the molecule is CS(=O)(=O)N1CCN(C(=O)C2NNC3c4ccccc4OCC23)CC1. The number of para-hydroxylation sites is 1. The largest absolute Gasteiger partial charge is 0.493 e. The van der Waals surface area contributed by atoms with Crippen LogP contribution in [0.2, 0.25) is 0 Å². The number of benzene rings is 1. The first-order valence-corrected chi connectivity index (χ1v) is 10.3. The highest BCUT2D eigenvalue weighted by Crippen LogP contribution is 2.39. The smallest absolute Gasteiger partial charge is 0.241 e. The minimum atomic E-state index is -3.20. The van der Waals surface area contributed by atoms with Crippen LogP contribution in [0.4, 0.5) is 0 Å². The minimum absolute atomic E-state index is 0.00358. The lowest BCUT2D eigenvalue weighted by Crippen LogP contribution is -2.56. The van der Waals surface area contributed by atoms with E-state index in [4.69, 9.17) is 4.74 Å². The standard InChI is InChI=1S/C16H22N4O4S/c1-25(22,23)20-8-6-19(7-9-20)16(21)15-12-10-24-13-5-3-2-4-11(13)14(12)17-18-15/h2-5,12,14-15,17-18H,6-10H2,1H3. The molecule has 0 bridgehead atoms. The zero-order chi connectivity index (χ0) is 17.6. The summed E-state index contributed by atoms with van der Waals surface area (Å²) in [6.07, 6.45) is 1.20. The van der Waals surface area contributed by atoms with Gasteiger partial charge >= 0.3 is 0 Å². The van der Waals surface area contributed by atoms with E-state index in [9.17, 15) is 13.2 Å². The number of hydrazine groups is 1. The number of nitrogens with zero attached hydrogens (tertiary/aromatic N) is 2. The molecule has 3 heterocycles. The summed E-state index contributed by atoms with van der Waals surface area (Å²) in [6, 6.07) is 7.52. The van der Waals surface area contributed by atoms with Gasteiger partial charge in [0.1, 0.15) is 11.8 Å². The van der Waals surface area contributed by atoms with Crippen LogP contribution < -0.4 is 15.6 Å². The van der Waals surface area contributed by atoms with Gasteiger partial charge in [-0.25, -0.2) is 19.3 Å². The van der Waals surface area contributed by atoms with Crippen LogP contribution in [0.15, 0.2) is 24.3 Å². The molecule has 0 aromatic heterocycles. The van der Waals surface area contributed by atoms with Gasteiger partial charge in [-0.1, -0.05) is 18.2 Å². The number of amides is 1. The van der Waals surface area contributed by atoms with E-state index in [2.05, 4.69) is 10.9 Å². The Morgan fingerprint density at radius 1 is 1.16 bits per heavy atom. The van der Waals surface area contributed by atoms with Crippen molar-refractivity contribution in [2.75, 3.05) is 39.0 Å². The molecule has 2 fully saturated rings. The van der Waals surface area contributed by atoms with Crippen LogP contribution in [0.25, 0.3) is 0 Å². The Labute approximate surface area is 147 Å². The fraction of sp³-hybridized carbons (Fsp3) is 0.562. The average Bonchev–Trinajstić information content (AvgIpc) is 3.05. The normalized spacial score (nSPS) is 29.6. The molecule has 0 aliphatic carbocycles. The Bertz CT molecular complexity index is 776. The molecule has 0 saturated carbocycles. The lowest BCUT2D eigenvalue weighted by molar-refractivity contribution is -0.135. The maximum absolute atomic E-state index is 12.9. The van der Waals surface area contributed by atoms with Gasteiger partial charge in [-0.05, 0) is 6.07 Å². The van der Waals surface area contributed by atoms with Crippen molar-refractivity contribution in [3.05, 3.63) is 29.8 Å². The number of hydrogen-bond acceptors (Lipinski definition) is 6. The first-order valence-electron chi connectivity index (χ1n) is 8.42. The summed E-state index contributed by atoms with van der Waals surface area (Å²) in [4.78, 5) is 14.7. The number of rotatable bonds is 2. The van der Waals surface area contributed by atoms with Gasteiger partial charge in [0.25, 0.3) is 0 Å². The van der Waals surface area contributed by atoms with Crippen molar-refractivity contribution in [3.8, 4) is 5.75 Å². The van der Waals surface area contributed by atoms with Crippen LogP contribution in [0, 0.1) is 5.92 Å². The molecule has 1 amide bonds. The van der Waals surface area contributed by atoms with Crippen molar-refractivity contribution >= 4 is 15.9 Å². The van der Waals surface area contributed by atoms with Crippen molar-refractivity contribution in [2.24, 2.45) is 5.92 Å². The highest BCUT2D eigenvalue weighted by molar-refractivity contribution is 7.88. The summed E-state index contributed by atoms with van der Waals surface area (Å²) in [5.74, 6) is 0.861. The van der Waals surface area contributed by atoms with Crippen molar-refractivity contribution < 1.29 is 17.9 Å². The third-order valence-electron chi connectivity index (χ3n) is 5.22. The quantitative estimate of drug-likeness (QED) is 0.721. The van der Waals surface area contributed by atoms with E-state index in [1.807, 2.05) is 24.3 Å². The molecular weight excluding hydrogens is 344 g/mol. The van der Waals surface area contributed by atoms with Crippen LogP contribution >= 0.6 is 0 Å². The maximum Gasteiger partial charge on any atom is 0.241 e. The molecule has 0 spiro atoms. The Balaban J connectivity index is 1.45. The first kappa shape index (κ1) is 16.8. The molecule has 3 aliphatic heterocycles. The number of carbonyl (C=O) groups is 1. The van der Waals surface area contributed by atoms with E-state index in [1.54, 1.807) is 4.90 Å². The fourth-order valence-corrected chi connectivity index (χ4v) is 4.65. The summed E-state index contributed by atoms with van der Waals surface area (Å²) in [5.41, 5.74) is 7.42. The van der Waals surface area contributed by atoms with Gasteiger partial charge < -0.3 is 9.64 Å². The summed E-state index contributed by atoms with van der Waals surface area (Å²) in [7, 11) is -3.20. The second-order valence-corrected chi connectivity index (χ2v) is 8.73. The van der Waals surface area contributed by atoms with Crippen LogP contribution in [0.3, 0.4) is 0 Å². The van der Waals surface area contributed by atoms with Gasteiger partial charge in [0.2, 0.25) is 15.9 Å². The molecule has 1 aromatic rings. The van der Waals surface area contributed by atoms with Crippen molar-refractivity contribution in [1.29, 1.82) is 0 Å². The molecule has 136 valence electrons. The molecule has 3 unspecified atom stereocenters. The predicted octanol–water partition coefficient (Wildman–Crippen LogP) is -0.683. The van der Waals surface area contributed by atoms with Crippen LogP contribution in [0.1, 0.15) is 11.6 Å². The zero-order valence-electron chi connectivity index (χ0n) is 14.0. The van der Waals surface area contributed by atoms with E-state index in [0.29, 0.717) is 32.8 Å². The molecule has 25 heavy (non-hydrogen) atoms. The monoisotopic (exact) mass is 366 g/mol. The molecule has 4 rings (SSSR count). The number of carbonyl (C=O) groups excluding carboxylic acids is 1. The van der Waals surface area contributed by atoms with Gasteiger partial charge in [-0.15, -0.1) is 0 Å². The molecule has 3 aliphatic rings. The minimum Gasteiger partial charge on any atom is -0.493 e. The highest BCUT2D eigenvalue weighted by Gasteiger charge is 2.46. The van der Waals surface area contributed by atoms with E-state index >= 15 is 0 Å². The number of piperazine rings is 1. The van der Waals surface area contributed by atoms with E-state index in [1.165, 1.54) is 10.6 Å². The van der Waals surface area contributed by atoms with E-state index in [0.717, 1.165) is 11.3 Å². The number of hydrogen-bond donors (Lipinski definition) is 2. The van der Waals surface area contributed by atoms with Gasteiger partial charge in [-0.3, -0.25) is 4.79 Å². The summed E-state index contributed by atoms with van der Waals surface area (Å²) in [6.45, 7) is 2.00. The average molecular weight is 366 g/mol. The molecule has 3 atom stereocenters. The van der Waals surface area contributed by atoms with Crippen LogP contribution in [0.5, 0.6) is 5.75 Å². The molecule has 1 aromatic carbocycles. The lowest BCUT2D eigenvalue weighted by Gasteiger charge is -2.36. The molecule has 2 saturated heterocycles. The fourth-order valence-electron chi connectivity index (χ4n) is 3.82. The summed E-state index contributed by atoms with van der Waals surface area (Å²) in [5, 5.41) is 0. The Hall–Kier alpha value is -1.68. The zero-order valence-corrected chi connectivity index (χ0v) is 14.8. The van der Waals surface area contributed by atoms with Gasteiger partial charge in [0.15, 0.2) is 0 Å². The third kappa shape index (κ3) is 3.01. The van der Waals surface area contributed by atoms with Crippen LogP contribution in [-0.2, 0) is 14.8 Å². The summed E-state index contributed by atoms with van der Waals surface area (Å²) >= 11 is 0. The Morgan fingerprint density at radius 3 is 2.60 bits per heavy atom. The number of fused-ring (bicyclic) bond motifs is 3. The number of ether oxygens (including phenoxy) is 1. The molecule has 8 nitrogen and oxygen atoms in total. The van der Waals surface area contributed by atoms with Gasteiger partial charge in [0.05, 0.1) is 18.9 Å². The molecular formula is C16H22N4O4S. The maximum atomic E-state index is 12.9. The van der Waals surface area contributed by atoms with Crippen molar-refractivity contribution in [2.45, 2.75) is 12.1 Å². The molecule has 0 radical (unpaired) electrons. The first-order chi connectivity index (χ1) is 11.9. The topological polar surface area (TPSA) is 91.0 Å². The molecule has 2 N–H and O–H groups in total. The molecule has 9 heteroatoms. The second kappa shape index (κ2) is 6.24. The summed E-state index contributed by atoms with van der Waals surface area (Å²) < 4.78 is 30.5. The number of nitrogens with one attached hydrogen (secondary N) is 2. The van der Waals surface area contributed by atoms with Crippen molar-refractivity contribution in [1.82, 2.24) is 20.1 Å². The Kier molecular flexibility index (Phi) is 4.19. The lowest BCUT2D eigenvalue weighted by atomic mass is 9.87.